The van der Waals surface area contributed by atoms with Crippen molar-refractivity contribution < 1.29 is 18.7 Å². The predicted octanol–water partition coefficient (Wildman–Crippen LogP) is 3.63. The number of hydrogen-bond acceptors (Lipinski definition) is 6. The standard InChI is InChI=1S/C22H22ClN3O4/c1-29-17-5-2-14(3-6-17)21(28)25-20(27)13-26-10-8-15(9-11-26)22-24-18-12-16(23)4-7-19(18)30-22/h2-7,12,15H,8-11,13H2,1H3,(H,25,27,28). The lowest BCUT2D eigenvalue weighted by molar-refractivity contribution is -0.121. The number of ether oxygens (including phenoxy) is 1. The summed E-state index contributed by atoms with van der Waals surface area (Å²) in [6.45, 7) is 1.64. The highest BCUT2D eigenvalue weighted by atomic mass is 35.5. The number of aromatic nitrogens is 1. The van der Waals surface area contributed by atoms with Crippen LogP contribution in [-0.2, 0) is 4.79 Å². The second-order valence-electron chi connectivity index (χ2n) is 7.32. The number of hydrogen-bond donors (Lipinski definition) is 1. The fourth-order valence-corrected chi connectivity index (χ4v) is 3.78. The van der Waals surface area contributed by atoms with E-state index in [-0.39, 0.29) is 18.4 Å². The van der Waals surface area contributed by atoms with Gasteiger partial charge in [-0.3, -0.25) is 19.8 Å². The smallest absolute Gasteiger partial charge is 0.257 e. The topological polar surface area (TPSA) is 84.7 Å². The normalized spacial score (nSPS) is 15.3. The lowest BCUT2D eigenvalue weighted by Gasteiger charge is -2.29. The number of nitrogens with zero attached hydrogens (tertiary/aromatic N) is 2. The van der Waals surface area contributed by atoms with Crippen molar-refractivity contribution in [1.82, 2.24) is 15.2 Å². The molecule has 156 valence electrons. The van der Waals surface area contributed by atoms with Gasteiger partial charge in [-0.25, -0.2) is 4.98 Å². The SMILES string of the molecule is COc1ccc(C(=O)NC(=O)CN2CCC(c3nc4cc(Cl)ccc4o3)CC2)cc1. The summed E-state index contributed by atoms with van der Waals surface area (Å²) < 4.78 is 10.9. The Hall–Kier alpha value is -2.90. The molecule has 0 bridgehead atoms. The lowest BCUT2D eigenvalue weighted by atomic mass is 9.97. The van der Waals surface area contributed by atoms with E-state index in [1.54, 1.807) is 43.5 Å². The third kappa shape index (κ3) is 4.63. The molecule has 7 nitrogen and oxygen atoms in total. The van der Waals surface area contributed by atoms with Crippen molar-refractivity contribution in [2.24, 2.45) is 0 Å². The number of halogens is 1. The van der Waals surface area contributed by atoms with Gasteiger partial charge in [0.1, 0.15) is 11.3 Å². The first-order chi connectivity index (χ1) is 14.5. The zero-order valence-electron chi connectivity index (χ0n) is 16.6. The van der Waals surface area contributed by atoms with Crippen LogP contribution in [0.25, 0.3) is 11.1 Å². The second-order valence-corrected chi connectivity index (χ2v) is 7.76. The van der Waals surface area contributed by atoms with Crippen LogP contribution in [-0.4, -0.2) is 48.4 Å². The zero-order valence-corrected chi connectivity index (χ0v) is 17.3. The Morgan fingerprint density at radius 3 is 2.63 bits per heavy atom. The number of amides is 2. The van der Waals surface area contributed by atoms with Gasteiger partial charge in [-0.05, 0) is 68.4 Å². The maximum absolute atomic E-state index is 12.3. The number of imide groups is 1. The minimum Gasteiger partial charge on any atom is -0.497 e. The van der Waals surface area contributed by atoms with Crippen LogP contribution >= 0.6 is 11.6 Å². The molecule has 1 N–H and O–H groups in total. The monoisotopic (exact) mass is 427 g/mol. The number of rotatable bonds is 5. The highest BCUT2D eigenvalue weighted by Gasteiger charge is 2.26. The Kier molecular flexibility index (Phi) is 6.01. The molecule has 2 amide bonds. The van der Waals surface area contributed by atoms with Gasteiger partial charge in [0.25, 0.3) is 5.91 Å². The first kappa shape index (κ1) is 20.4. The van der Waals surface area contributed by atoms with Gasteiger partial charge >= 0.3 is 0 Å². The van der Waals surface area contributed by atoms with Crippen molar-refractivity contribution in [3.63, 3.8) is 0 Å². The van der Waals surface area contributed by atoms with Crippen molar-refractivity contribution in [3.05, 3.63) is 58.9 Å². The van der Waals surface area contributed by atoms with Gasteiger partial charge in [0.2, 0.25) is 5.91 Å². The third-order valence-corrected chi connectivity index (χ3v) is 5.51. The summed E-state index contributed by atoms with van der Waals surface area (Å²) in [6.07, 6.45) is 1.67. The Morgan fingerprint density at radius 1 is 1.20 bits per heavy atom. The molecule has 1 aliphatic heterocycles. The molecule has 0 spiro atoms. The Bertz CT molecular complexity index is 1060. The van der Waals surface area contributed by atoms with Gasteiger partial charge in [-0.2, -0.15) is 0 Å². The minimum atomic E-state index is -0.414. The molecule has 0 radical (unpaired) electrons. The second kappa shape index (κ2) is 8.85. The molecule has 30 heavy (non-hydrogen) atoms. The number of carbonyl (C=O) groups is 2. The van der Waals surface area contributed by atoms with Crippen LogP contribution < -0.4 is 10.1 Å². The highest BCUT2D eigenvalue weighted by Crippen LogP contribution is 2.30. The minimum absolute atomic E-state index is 0.178. The molecule has 3 aromatic rings. The van der Waals surface area contributed by atoms with Crippen LogP contribution in [0.15, 0.2) is 46.9 Å². The molecule has 1 fully saturated rings. The highest BCUT2D eigenvalue weighted by molar-refractivity contribution is 6.31. The number of oxazole rings is 1. The summed E-state index contributed by atoms with van der Waals surface area (Å²) >= 11 is 6.01. The van der Waals surface area contributed by atoms with Crippen LogP contribution in [0.3, 0.4) is 0 Å². The molecule has 0 aliphatic carbocycles. The Balaban J connectivity index is 1.28. The third-order valence-electron chi connectivity index (χ3n) is 5.28. The van der Waals surface area contributed by atoms with E-state index in [1.165, 1.54) is 0 Å². The molecule has 0 unspecified atom stereocenters. The largest absolute Gasteiger partial charge is 0.497 e. The summed E-state index contributed by atoms with van der Waals surface area (Å²) in [7, 11) is 1.56. The fraction of sp³-hybridized carbons (Fsp3) is 0.318. The molecule has 0 atom stereocenters. The summed E-state index contributed by atoms with van der Waals surface area (Å²) in [4.78, 5) is 31.1. The van der Waals surface area contributed by atoms with Crippen LogP contribution in [0.4, 0.5) is 0 Å². The average Bonchev–Trinajstić information content (AvgIpc) is 3.17. The van der Waals surface area contributed by atoms with Crippen molar-refractivity contribution in [3.8, 4) is 5.75 Å². The van der Waals surface area contributed by atoms with Gasteiger partial charge < -0.3 is 9.15 Å². The van der Waals surface area contributed by atoms with Crippen LogP contribution in [0, 0.1) is 0 Å². The summed E-state index contributed by atoms with van der Waals surface area (Å²) in [6, 6.07) is 12.0. The van der Waals surface area contributed by atoms with Crippen molar-refractivity contribution in [1.29, 1.82) is 0 Å². The molecule has 1 saturated heterocycles. The number of methoxy groups -OCH3 is 1. The van der Waals surface area contributed by atoms with Gasteiger partial charge in [0.05, 0.1) is 13.7 Å². The number of piperidine rings is 1. The van der Waals surface area contributed by atoms with Crippen molar-refractivity contribution in [2.45, 2.75) is 18.8 Å². The molecule has 4 rings (SSSR count). The van der Waals surface area contributed by atoms with Gasteiger partial charge in [0, 0.05) is 16.5 Å². The van der Waals surface area contributed by atoms with Crippen molar-refractivity contribution in [2.75, 3.05) is 26.7 Å². The molecule has 0 saturated carbocycles. The van der Waals surface area contributed by atoms with Gasteiger partial charge in [0.15, 0.2) is 11.5 Å². The van der Waals surface area contributed by atoms with Gasteiger partial charge in [-0.15, -0.1) is 0 Å². The van der Waals surface area contributed by atoms with Crippen LogP contribution in [0.5, 0.6) is 5.75 Å². The molecule has 8 heteroatoms. The maximum atomic E-state index is 12.3. The number of fused-ring (bicyclic) bond motifs is 1. The van der Waals surface area contributed by atoms with E-state index in [0.29, 0.717) is 22.2 Å². The molecular formula is C22H22ClN3O4. The maximum Gasteiger partial charge on any atom is 0.257 e. The van der Waals surface area contributed by atoms with Crippen molar-refractivity contribution >= 4 is 34.5 Å². The Labute approximate surface area is 179 Å². The summed E-state index contributed by atoms with van der Waals surface area (Å²) in [5, 5.41) is 3.08. The molecule has 2 heterocycles. The van der Waals surface area contributed by atoms with E-state index in [9.17, 15) is 9.59 Å². The number of likely N-dealkylation sites (tertiary alicyclic amines) is 1. The lowest BCUT2D eigenvalue weighted by Crippen LogP contribution is -2.43. The zero-order chi connectivity index (χ0) is 21.1. The van der Waals surface area contributed by atoms with E-state index < -0.39 is 5.91 Å². The summed E-state index contributed by atoms with van der Waals surface area (Å²) in [5.74, 6) is 0.846. The molecular weight excluding hydrogens is 406 g/mol. The van der Waals surface area contributed by atoms with E-state index in [2.05, 4.69) is 10.3 Å². The van der Waals surface area contributed by atoms with Crippen LogP contribution in [0.2, 0.25) is 5.02 Å². The summed E-state index contributed by atoms with van der Waals surface area (Å²) in [5.41, 5.74) is 1.91. The van der Waals surface area contributed by atoms with Crippen LogP contribution in [0.1, 0.15) is 35.0 Å². The predicted molar refractivity (Wildman–Crippen MR) is 113 cm³/mol. The van der Waals surface area contributed by atoms with E-state index in [1.807, 2.05) is 11.0 Å². The first-order valence-electron chi connectivity index (χ1n) is 9.78. The number of nitrogens with one attached hydrogen (secondary N) is 1. The fourth-order valence-electron chi connectivity index (χ4n) is 3.61. The Morgan fingerprint density at radius 2 is 1.93 bits per heavy atom. The number of carbonyl (C=O) groups excluding carboxylic acids is 2. The molecule has 1 aromatic heterocycles. The van der Waals surface area contributed by atoms with E-state index in [0.717, 1.165) is 37.0 Å². The number of benzene rings is 2. The molecule has 2 aromatic carbocycles. The quantitative estimate of drug-likeness (QED) is 0.669. The average molecular weight is 428 g/mol. The molecule has 1 aliphatic rings. The van der Waals surface area contributed by atoms with Gasteiger partial charge in [-0.1, -0.05) is 11.6 Å². The first-order valence-corrected chi connectivity index (χ1v) is 10.2. The van der Waals surface area contributed by atoms with E-state index >= 15 is 0 Å². The van der Waals surface area contributed by atoms with E-state index in [4.69, 9.17) is 20.8 Å².